The molecule has 0 spiro atoms. The standard InChI is InChI=1S/C20H24N2O3.ClH/c1-13-5-7-14(8-6-13)19-16(4-3-11-25-19)20(23)22-15-9-10-18(24-2)17(21)12-15;/h5-10,12,16,19H,3-4,11,21H2,1-2H3,(H,22,23);1H. The molecule has 1 heterocycles. The highest BCUT2D eigenvalue weighted by Crippen LogP contribution is 2.35. The first-order valence-electron chi connectivity index (χ1n) is 8.51. The Hall–Kier alpha value is -2.24. The van der Waals surface area contributed by atoms with E-state index in [0.29, 0.717) is 23.7 Å². The topological polar surface area (TPSA) is 73.6 Å². The lowest BCUT2D eigenvalue weighted by atomic mass is 9.88. The molecule has 1 aliphatic heterocycles. The molecule has 0 bridgehead atoms. The van der Waals surface area contributed by atoms with E-state index in [1.165, 1.54) is 5.56 Å². The lowest BCUT2D eigenvalue weighted by Crippen LogP contribution is -2.33. The van der Waals surface area contributed by atoms with Crippen LogP contribution in [0.4, 0.5) is 11.4 Å². The van der Waals surface area contributed by atoms with Crippen LogP contribution in [0.1, 0.15) is 30.1 Å². The number of aryl methyl sites for hydroxylation is 1. The van der Waals surface area contributed by atoms with E-state index >= 15 is 0 Å². The van der Waals surface area contributed by atoms with Crippen molar-refractivity contribution in [2.24, 2.45) is 5.92 Å². The number of anilines is 2. The van der Waals surface area contributed by atoms with Gasteiger partial charge in [0.1, 0.15) is 5.75 Å². The molecule has 0 radical (unpaired) electrons. The third-order valence-electron chi connectivity index (χ3n) is 4.56. The fraction of sp³-hybridized carbons (Fsp3) is 0.350. The molecule has 140 valence electrons. The summed E-state index contributed by atoms with van der Waals surface area (Å²) in [7, 11) is 1.56. The largest absolute Gasteiger partial charge is 0.495 e. The van der Waals surface area contributed by atoms with E-state index in [1.807, 2.05) is 31.2 Å². The van der Waals surface area contributed by atoms with Gasteiger partial charge in [-0.15, -0.1) is 12.4 Å². The quantitative estimate of drug-likeness (QED) is 0.787. The van der Waals surface area contributed by atoms with E-state index in [0.717, 1.165) is 18.4 Å². The number of nitrogens with one attached hydrogen (secondary N) is 1. The fourth-order valence-corrected chi connectivity index (χ4v) is 3.18. The number of hydrogen-bond donors (Lipinski definition) is 2. The smallest absolute Gasteiger partial charge is 0.230 e. The van der Waals surface area contributed by atoms with Gasteiger partial charge in [0.05, 0.1) is 24.8 Å². The highest BCUT2D eigenvalue weighted by Gasteiger charge is 2.33. The van der Waals surface area contributed by atoms with Crippen LogP contribution < -0.4 is 15.8 Å². The molecule has 1 aliphatic rings. The second-order valence-electron chi connectivity index (χ2n) is 6.40. The van der Waals surface area contributed by atoms with E-state index in [2.05, 4.69) is 5.32 Å². The first kappa shape index (κ1) is 20.1. The van der Waals surface area contributed by atoms with Crippen LogP contribution in [-0.2, 0) is 9.53 Å². The predicted molar refractivity (Wildman–Crippen MR) is 106 cm³/mol. The Kier molecular flexibility index (Phi) is 6.89. The first-order chi connectivity index (χ1) is 12.1. The number of amides is 1. The number of halogens is 1. The van der Waals surface area contributed by atoms with Crippen LogP contribution in [-0.4, -0.2) is 19.6 Å². The molecule has 2 atom stereocenters. The van der Waals surface area contributed by atoms with E-state index in [4.69, 9.17) is 15.2 Å². The summed E-state index contributed by atoms with van der Waals surface area (Å²) in [6.07, 6.45) is 1.46. The molecule has 6 heteroatoms. The molecule has 1 amide bonds. The molecule has 0 aromatic heterocycles. The van der Waals surface area contributed by atoms with Gasteiger partial charge in [-0.1, -0.05) is 29.8 Å². The lowest BCUT2D eigenvalue weighted by molar-refractivity contribution is -0.129. The van der Waals surface area contributed by atoms with E-state index in [9.17, 15) is 4.79 Å². The summed E-state index contributed by atoms with van der Waals surface area (Å²) in [5.74, 6) is 0.325. The maximum absolute atomic E-state index is 12.8. The van der Waals surface area contributed by atoms with Gasteiger partial charge in [0.25, 0.3) is 0 Å². The van der Waals surface area contributed by atoms with Gasteiger partial charge in [0, 0.05) is 12.3 Å². The van der Waals surface area contributed by atoms with Gasteiger partial charge in [-0.2, -0.15) is 0 Å². The number of ether oxygens (including phenoxy) is 2. The van der Waals surface area contributed by atoms with E-state index in [-0.39, 0.29) is 30.3 Å². The van der Waals surface area contributed by atoms with Crippen molar-refractivity contribution in [1.29, 1.82) is 0 Å². The second kappa shape index (κ2) is 8.92. The van der Waals surface area contributed by atoms with Crippen molar-refractivity contribution in [3.63, 3.8) is 0 Å². The molecule has 26 heavy (non-hydrogen) atoms. The summed E-state index contributed by atoms with van der Waals surface area (Å²) < 4.78 is 11.1. The number of carbonyl (C=O) groups is 1. The monoisotopic (exact) mass is 376 g/mol. The van der Waals surface area contributed by atoms with Crippen LogP contribution in [0.3, 0.4) is 0 Å². The molecule has 2 unspecified atom stereocenters. The maximum atomic E-state index is 12.8. The highest BCUT2D eigenvalue weighted by molar-refractivity contribution is 5.93. The Morgan fingerprint density at radius 3 is 2.62 bits per heavy atom. The molecule has 2 aromatic carbocycles. The number of rotatable bonds is 4. The Balaban J connectivity index is 0.00000243. The second-order valence-corrected chi connectivity index (χ2v) is 6.40. The van der Waals surface area contributed by atoms with Gasteiger partial charge >= 0.3 is 0 Å². The zero-order valence-corrected chi connectivity index (χ0v) is 15.8. The maximum Gasteiger partial charge on any atom is 0.230 e. The molecule has 2 aromatic rings. The van der Waals surface area contributed by atoms with Crippen molar-refractivity contribution in [2.45, 2.75) is 25.9 Å². The zero-order valence-electron chi connectivity index (χ0n) is 15.0. The molecule has 5 nitrogen and oxygen atoms in total. The van der Waals surface area contributed by atoms with Gasteiger partial charge in [-0.25, -0.2) is 0 Å². The zero-order chi connectivity index (χ0) is 17.8. The summed E-state index contributed by atoms with van der Waals surface area (Å²) >= 11 is 0. The summed E-state index contributed by atoms with van der Waals surface area (Å²) in [4.78, 5) is 12.8. The van der Waals surface area contributed by atoms with Crippen molar-refractivity contribution < 1.29 is 14.3 Å². The van der Waals surface area contributed by atoms with Crippen molar-refractivity contribution in [2.75, 3.05) is 24.8 Å². The molecule has 0 aliphatic carbocycles. The predicted octanol–water partition coefficient (Wildman–Crippen LogP) is 4.11. The van der Waals surface area contributed by atoms with Crippen LogP contribution in [0.2, 0.25) is 0 Å². The molecule has 3 N–H and O–H groups in total. The average molecular weight is 377 g/mol. The summed E-state index contributed by atoms with van der Waals surface area (Å²) in [6.45, 7) is 2.72. The first-order valence-corrected chi connectivity index (χ1v) is 8.51. The van der Waals surface area contributed by atoms with Gasteiger partial charge < -0.3 is 20.5 Å². The molecule has 0 saturated carbocycles. The molecule has 3 rings (SSSR count). The minimum atomic E-state index is -0.222. The summed E-state index contributed by atoms with van der Waals surface area (Å²) in [5, 5.41) is 2.96. The van der Waals surface area contributed by atoms with Crippen molar-refractivity contribution in [3.8, 4) is 5.75 Å². The van der Waals surface area contributed by atoms with Gasteiger partial charge in [0.2, 0.25) is 5.91 Å². The lowest BCUT2D eigenvalue weighted by Gasteiger charge is -2.31. The van der Waals surface area contributed by atoms with Crippen molar-refractivity contribution in [1.82, 2.24) is 0 Å². The van der Waals surface area contributed by atoms with Crippen molar-refractivity contribution >= 4 is 29.7 Å². The number of benzene rings is 2. The Morgan fingerprint density at radius 2 is 1.96 bits per heavy atom. The minimum Gasteiger partial charge on any atom is -0.495 e. The molecule has 1 saturated heterocycles. The summed E-state index contributed by atoms with van der Waals surface area (Å²) in [5.41, 5.74) is 9.31. The third kappa shape index (κ3) is 4.48. The normalized spacial score (nSPS) is 19.3. The Labute approximate surface area is 160 Å². The van der Waals surface area contributed by atoms with Crippen LogP contribution >= 0.6 is 12.4 Å². The van der Waals surface area contributed by atoms with Gasteiger partial charge in [-0.05, 0) is 43.5 Å². The molecular formula is C20H25ClN2O3. The van der Waals surface area contributed by atoms with E-state index < -0.39 is 0 Å². The SMILES string of the molecule is COc1ccc(NC(=O)C2CCCOC2c2ccc(C)cc2)cc1N.Cl. The third-order valence-corrected chi connectivity index (χ3v) is 4.56. The number of nitrogens with two attached hydrogens (primary N) is 1. The number of nitrogen functional groups attached to an aromatic ring is 1. The van der Waals surface area contributed by atoms with Gasteiger partial charge in [-0.3, -0.25) is 4.79 Å². The van der Waals surface area contributed by atoms with Crippen LogP contribution in [0.25, 0.3) is 0 Å². The number of methoxy groups -OCH3 is 1. The molecule has 1 fully saturated rings. The average Bonchev–Trinajstić information content (AvgIpc) is 2.62. The Bertz CT molecular complexity index is 749. The summed E-state index contributed by atoms with van der Waals surface area (Å²) in [6, 6.07) is 13.4. The van der Waals surface area contributed by atoms with Crippen LogP contribution in [0, 0.1) is 12.8 Å². The minimum absolute atomic E-state index is 0. The van der Waals surface area contributed by atoms with Crippen LogP contribution in [0.15, 0.2) is 42.5 Å². The number of hydrogen-bond acceptors (Lipinski definition) is 4. The Morgan fingerprint density at radius 1 is 1.23 bits per heavy atom. The van der Waals surface area contributed by atoms with Gasteiger partial charge in [0.15, 0.2) is 0 Å². The number of carbonyl (C=O) groups excluding carboxylic acids is 1. The fourth-order valence-electron chi connectivity index (χ4n) is 3.18. The molecular weight excluding hydrogens is 352 g/mol. The van der Waals surface area contributed by atoms with Crippen molar-refractivity contribution in [3.05, 3.63) is 53.6 Å². The highest BCUT2D eigenvalue weighted by atomic mass is 35.5. The van der Waals surface area contributed by atoms with Crippen LogP contribution in [0.5, 0.6) is 5.75 Å². The van der Waals surface area contributed by atoms with E-state index in [1.54, 1.807) is 25.3 Å².